The summed E-state index contributed by atoms with van der Waals surface area (Å²) in [6, 6.07) is 21.8. The quantitative estimate of drug-likeness (QED) is 0.259. The number of hydrogen-bond acceptors (Lipinski definition) is 5. The molecule has 0 radical (unpaired) electrons. The Morgan fingerprint density at radius 1 is 0.972 bits per heavy atom. The van der Waals surface area contributed by atoms with Crippen molar-refractivity contribution in [3.8, 4) is 5.88 Å². The summed E-state index contributed by atoms with van der Waals surface area (Å²) in [7, 11) is 1.33. The summed E-state index contributed by atoms with van der Waals surface area (Å²) >= 11 is 0. The van der Waals surface area contributed by atoms with Gasteiger partial charge in [0, 0.05) is 35.2 Å². The van der Waals surface area contributed by atoms with Crippen LogP contribution in [0.15, 0.2) is 77.8 Å². The van der Waals surface area contributed by atoms with Crippen molar-refractivity contribution in [3.05, 3.63) is 89.5 Å². The SMILES string of the molecule is COC(=O)c1ccc2c(C(=Nc3ccc(NC(=O)N4CCCC4)cc3)c3ccccc3)c(O)[nH]c2c1. The molecule has 182 valence electrons. The van der Waals surface area contributed by atoms with Crippen molar-refractivity contribution in [2.45, 2.75) is 12.8 Å². The number of nitrogens with zero attached hydrogens (tertiary/aromatic N) is 2. The van der Waals surface area contributed by atoms with E-state index in [1.807, 2.05) is 59.5 Å². The van der Waals surface area contributed by atoms with Gasteiger partial charge in [-0.1, -0.05) is 36.4 Å². The van der Waals surface area contributed by atoms with Crippen LogP contribution in [0.2, 0.25) is 0 Å². The first-order valence-electron chi connectivity index (χ1n) is 11.8. The smallest absolute Gasteiger partial charge is 0.337 e. The molecule has 3 aromatic carbocycles. The number of anilines is 1. The fourth-order valence-electron chi connectivity index (χ4n) is 4.40. The number of aromatic hydroxyl groups is 1. The third-order valence-corrected chi connectivity index (χ3v) is 6.24. The van der Waals surface area contributed by atoms with Crippen LogP contribution in [0.1, 0.15) is 34.3 Å². The van der Waals surface area contributed by atoms with E-state index in [1.165, 1.54) is 7.11 Å². The minimum atomic E-state index is -0.457. The lowest BCUT2D eigenvalue weighted by molar-refractivity contribution is 0.0601. The summed E-state index contributed by atoms with van der Waals surface area (Å²) in [5.41, 5.74) is 4.23. The molecule has 1 saturated heterocycles. The molecule has 36 heavy (non-hydrogen) atoms. The van der Waals surface area contributed by atoms with Gasteiger partial charge in [-0.2, -0.15) is 0 Å². The molecule has 0 spiro atoms. The van der Waals surface area contributed by atoms with Gasteiger partial charge in [0.05, 0.1) is 29.6 Å². The summed E-state index contributed by atoms with van der Waals surface area (Å²) < 4.78 is 4.81. The van der Waals surface area contributed by atoms with E-state index in [2.05, 4.69) is 10.3 Å². The Hall–Kier alpha value is -4.59. The van der Waals surface area contributed by atoms with Crippen LogP contribution in [0.3, 0.4) is 0 Å². The van der Waals surface area contributed by atoms with Gasteiger partial charge in [-0.15, -0.1) is 0 Å². The van der Waals surface area contributed by atoms with Gasteiger partial charge in [-0.3, -0.25) is 0 Å². The molecular formula is C28H26N4O4. The molecule has 0 unspecified atom stereocenters. The topological polar surface area (TPSA) is 107 Å². The van der Waals surface area contributed by atoms with Crippen LogP contribution in [-0.2, 0) is 4.74 Å². The van der Waals surface area contributed by atoms with E-state index in [9.17, 15) is 14.7 Å². The minimum Gasteiger partial charge on any atom is -0.494 e. The van der Waals surface area contributed by atoms with Gasteiger partial charge in [0.25, 0.3) is 0 Å². The molecule has 5 rings (SSSR count). The average Bonchev–Trinajstić information content (AvgIpc) is 3.56. The fraction of sp³-hybridized carbons (Fsp3) is 0.179. The number of ether oxygens (including phenoxy) is 1. The van der Waals surface area contributed by atoms with Crippen molar-refractivity contribution < 1.29 is 19.4 Å². The van der Waals surface area contributed by atoms with E-state index < -0.39 is 5.97 Å². The monoisotopic (exact) mass is 482 g/mol. The maximum Gasteiger partial charge on any atom is 0.337 e. The lowest BCUT2D eigenvalue weighted by Crippen LogP contribution is -2.32. The van der Waals surface area contributed by atoms with Gasteiger partial charge in [-0.25, -0.2) is 14.6 Å². The predicted octanol–water partition coefficient (Wildman–Crippen LogP) is 5.46. The number of fused-ring (bicyclic) bond motifs is 1. The van der Waals surface area contributed by atoms with Crippen molar-refractivity contribution in [1.82, 2.24) is 9.88 Å². The van der Waals surface area contributed by atoms with Crippen LogP contribution < -0.4 is 5.32 Å². The summed E-state index contributed by atoms with van der Waals surface area (Å²) in [5, 5.41) is 14.5. The molecule has 1 fully saturated rings. The molecule has 3 N–H and O–H groups in total. The summed E-state index contributed by atoms with van der Waals surface area (Å²) in [4.78, 5) is 34.0. The Kier molecular flexibility index (Phi) is 6.40. The molecular weight excluding hydrogens is 456 g/mol. The second-order valence-electron chi connectivity index (χ2n) is 8.60. The highest BCUT2D eigenvalue weighted by atomic mass is 16.5. The van der Waals surface area contributed by atoms with Gasteiger partial charge in [0.15, 0.2) is 5.88 Å². The van der Waals surface area contributed by atoms with E-state index in [0.29, 0.717) is 33.7 Å². The van der Waals surface area contributed by atoms with Gasteiger partial charge in [0.1, 0.15) is 0 Å². The first-order chi connectivity index (χ1) is 17.5. The lowest BCUT2D eigenvalue weighted by Gasteiger charge is -2.16. The lowest BCUT2D eigenvalue weighted by atomic mass is 10.00. The molecule has 2 amide bonds. The molecule has 0 atom stereocenters. The molecule has 0 bridgehead atoms. The second kappa shape index (κ2) is 9.95. The molecule has 8 heteroatoms. The average molecular weight is 483 g/mol. The van der Waals surface area contributed by atoms with Gasteiger partial charge in [0.2, 0.25) is 0 Å². The Balaban J connectivity index is 1.52. The largest absolute Gasteiger partial charge is 0.494 e. The number of urea groups is 1. The van der Waals surface area contributed by atoms with Crippen LogP contribution in [0.25, 0.3) is 10.9 Å². The number of aliphatic imine (C=N–C) groups is 1. The molecule has 8 nitrogen and oxygen atoms in total. The van der Waals surface area contributed by atoms with Crippen LogP contribution in [0.5, 0.6) is 5.88 Å². The number of amides is 2. The molecule has 1 aliphatic heterocycles. The fourth-order valence-corrected chi connectivity index (χ4v) is 4.40. The Morgan fingerprint density at radius 2 is 1.69 bits per heavy atom. The number of nitrogens with one attached hydrogen (secondary N) is 2. The number of likely N-dealkylation sites (tertiary alicyclic amines) is 1. The number of hydrogen-bond donors (Lipinski definition) is 3. The first kappa shape index (κ1) is 23.2. The number of aromatic amines is 1. The normalized spacial score (nSPS) is 13.7. The molecule has 0 saturated carbocycles. The number of rotatable bonds is 5. The number of carbonyl (C=O) groups is 2. The number of benzene rings is 3. The zero-order valence-corrected chi connectivity index (χ0v) is 19.8. The van der Waals surface area contributed by atoms with Crippen LogP contribution in [-0.4, -0.2) is 52.9 Å². The molecule has 1 aromatic heterocycles. The third-order valence-electron chi connectivity index (χ3n) is 6.24. The standard InChI is InChI=1S/C28H26N4O4/c1-36-27(34)19-9-14-22-23(17-19)31-26(33)24(22)25(18-7-3-2-4-8-18)29-20-10-12-21(13-11-20)30-28(35)32-15-5-6-16-32/h2-4,7-14,17,31,33H,5-6,15-16H2,1H3,(H,30,35). The van der Waals surface area contributed by atoms with Crippen LogP contribution in [0.4, 0.5) is 16.2 Å². The van der Waals surface area contributed by atoms with Crippen molar-refractivity contribution >= 4 is 40.0 Å². The van der Waals surface area contributed by atoms with Crippen molar-refractivity contribution in [1.29, 1.82) is 0 Å². The summed E-state index contributed by atoms with van der Waals surface area (Å²) in [6.45, 7) is 1.56. The van der Waals surface area contributed by atoms with Gasteiger partial charge in [-0.05, 0) is 49.2 Å². The Labute approximate surface area is 208 Å². The van der Waals surface area contributed by atoms with Crippen molar-refractivity contribution in [2.24, 2.45) is 4.99 Å². The second-order valence-corrected chi connectivity index (χ2v) is 8.60. The predicted molar refractivity (Wildman–Crippen MR) is 139 cm³/mol. The maximum atomic E-state index is 12.4. The van der Waals surface area contributed by atoms with E-state index in [0.717, 1.165) is 36.9 Å². The Morgan fingerprint density at radius 3 is 2.39 bits per heavy atom. The van der Waals surface area contributed by atoms with Gasteiger partial charge < -0.3 is 25.0 Å². The molecule has 2 heterocycles. The van der Waals surface area contributed by atoms with Gasteiger partial charge >= 0.3 is 12.0 Å². The van der Waals surface area contributed by atoms with E-state index >= 15 is 0 Å². The highest BCUT2D eigenvalue weighted by Gasteiger charge is 2.20. The number of esters is 1. The molecule has 0 aliphatic carbocycles. The maximum absolute atomic E-state index is 12.4. The minimum absolute atomic E-state index is 0.0517. The van der Waals surface area contributed by atoms with E-state index in [-0.39, 0.29) is 11.9 Å². The zero-order chi connectivity index (χ0) is 25.1. The number of methoxy groups -OCH3 is 1. The Bertz CT molecular complexity index is 1440. The zero-order valence-electron chi connectivity index (χ0n) is 19.8. The van der Waals surface area contributed by atoms with Crippen LogP contribution in [0, 0.1) is 0 Å². The highest BCUT2D eigenvalue weighted by Crippen LogP contribution is 2.32. The van der Waals surface area contributed by atoms with Crippen LogP contribution >= 0.6 is 0 Å². The first-order valence-corrected chi connectivity index (χ1v) is 11.8. The third kappa shape index (κ3) is 4.65. The van der Waals surface area contributed by atoms with E-state index in [4.69, 9.17) is 9.73 Å². The summed E-state index contributed by atoms with van der Waals surface area (Å²) in [6.07, 6.45) is 2.07. The van der Waals surface area contributed by atoms with Crippen molar-refractivity contribution in [3.63, 3.8) is 0 Å². The summed E-state index contributed by atoms with van der Waals surface area (Å²) in [5.74, 6) is -0.509. The molecule has 4 aromatic rings. The van der Waals surface area contributed by atoms with E-state index in [1.54, 1.807) is 18.2 Å². The number of H-pyrrole nitrogens is 1. The highest BCUT2D eigenvalue weighted by molar-refractivity contribution is 6.22. The number of aromatic nitrogens is 1. The molecule has 1 aliphatic rings. The van der Waals surface area contributed by atoms with Crippen molar-refractivity contribution in [2.75, 3.05) is 25.5 Å². The number of carbonyl (C=O) groups excluding carboxylic acids is 2.